The van der Waals surface area contributed by atoms with Crippen molar-refractivity contribution in [2.24, 2.45) is 0 Å². The number of hydrogen-bond acceptors (Lipinski definition) is 1. The number of rotatable bonds is 0. The Balaban J connectivity index is 0. The molecular weight excluding hydrogens is 94.0 g/mol. The topological polar surface area (TPSA) is 30.0 Å². The Morgan fingerprint density at radius 3 is 1.00 bits per heavy atom. The van der Waals surface area contributed by atoms with Crippen LogP contribution in [0, 0.1) is 0 Å². The Morgan fingerprint density at radius 2 is 1.00 bits per heavy atom. The van der Waals surface area contributed by atoms with E-state index in [9.17, 15) is 0 Å². The summed E-state index contributed by atoms with van der Waals surface area (Å²) in [6.45, 7) is 0. The zero-order valence-electron chi connectivity index (χ0n) is 1.95. The average molecular weight is 98.1 g/mol. The van der Waals surface area contributed by atoms with Crippen molar-refractivity contribution < 1.29 is 35.0 Å². The van der Waals surface area contributed by atoms with Gasteiger partial charge in [-0.3, -0.25) is 0 Å². The van der Waals surface area contributed by atoms with Gasteiger partial charge in [-0.15, -0.1) is 0 Å². The maximum atomic E-state index is 0. The van der Waals surface area contributed by atoms with Gasteiger partial charge in [0.1, 0.15) is 0 Å². The van der Waals surface area contributed by atoms with E-state index in [1.165, 1.54) is 0 Å². The van der Waals surface area contributed by atoms with E-state index in [0.717, 1.165) is 0 Å². The third-order valence-electron chi connectivity index (χ3n) is 0. The molecule has 0 heterocycles. The fourth-order valence-corrected chi connectivity index (χ4v) is 0. The monoisotopic (exact) mass is 98.0 g/mol. The van der Waals surface area contributed by atoms with Gasteiger partial charge in [0.15, 0.2) is 0 Å². The summed E-state index contributed by atoms with van der Waals surface area (Å²) in [6, 6.07) is 0. The molecule has 0 rings (SSSR count). The first-order valence-electron chi connectivity index (χ1n) is 0. The molecular formula is H4Na2OS. The van der Waals surface area contributed by atoms with Crippen molar-refractivity contribution >= 4 is 43.1 Å². The predicted octanol–water partition coefficient (Wildman–Crippen LogP) is -3.71. The quantitative estimate of drug-likeness (QED) is 0.287. The van der Waals surface area contributed by atoms with E-state index < -0.39 is 0 Å². The van der Waals surface area contributed by atoms with E-state index in [4.69, 9.17) is 0 Å². The van der Waals surface area contributed by atoms with Crippen LogP contribution in [0.5, 0.6) is 0 Å². The molecule has 0 amide bonds. The molecule has 0 radical (unpaired) electrons. The first-order valence-corrected chi connectivity index (χ1v) is 0. The maximum absolute atomic E-state index is 0. The van der Waals surface area contributed by atoms with Crippen molar-refractivity contribution in [2.75, 3.05) is 0 Å². The van der Waals surface area contributed by atoms with Crippen molar-refractivity contribution in [1.29, 1.82) is 0 Å². The minimum atomic E-state index is 0. The van der Waals surface area contributed by atoms with Crippen LogP contribution >= 0.6 is 13.5 Å². The van der Waals surface area contributed by atoms with Crippen LogP contribution in [0.4, 0.5) is 0 Å². The molecule has 0 aromatic carbocycles. The van der Waals surface area contributed by atoms with Crippen molar-refractivity contribution in [3.63, 3.8) is 0 Å². The summed E-state index contributed by atoms with van der Waals surface area (Å²) in [7, 11) is 0. The molecule has 0 saturated heterocycles. The molecule has 0 aliphatic carbocycles. The summed E-state index contributed by atoms with van der Waals surface area (Å²) in [5.74, 6) is 0. The molecule has 0 aliphatic rings. The molecule has 0 bridgehead atoms. The third kappa shape index (κ3) is 8.85. The fraction of sp³-hybridized carbons (Fsp3) is 0. The van der Waals surface area contributed by atoms with Crippen LogP contribution < -0.4 is 29.6 Å². The van der Waals surface area contributed by atoms with Gasteiger partial charge in [0, 0.05) is 0 Å². The molecule has 4 heteroatoms. The SMILES string of the molecule is S.[Na+].[NaH].[OH-]. The van der Waals surface area contributed by atoms with Crippen molar-refractivity contribution in [2.45, 2.75) is 0 Å². The normalized spacial score (nSPS) is 0. The van der Waals surface area contributed by atoms with Crippen LogP contribution in [0.2, 0.25) is 0 Å². The molecule has 1 nitrogen and oxygen atoms in total. The van der Waals surface area contributed by atoms with Gasteiger partial charge in [-0.25, -0.2) is 0 Å². The molecule has 0 fully saturated rings. The van der Waals surface area contributed by atoms with E-state index in [0.29, 0.717) is 0 Å². The number of hydrogen-bond donors (Lipinski definition) is 0. The molecule has 1 N–H and O–H groups in total. The molecule has 18 valence electrons. The van der Waals surface area contributed by atoms with E-state index in [2.05, 4.69) is 0 Å². The van der Waals surface area contributed by atoms with Gasteiger partial charge in [-0.1, -0.05) is 0 Å². The van der Waals surface area contributed by atoms with Gasteiger partial charge in [-0.2, -0.15) is 13.5 Å². The summed E-state index contributed by atoms with van der Waals surface area (Å²) in [5, 5.41) is 0. The van der Waals surface area contributed by atoms with Crippen molar-refractivity contribution in [3.8, 4) is 0 Å². The Bertz CT molecular complexity index is 6.00. The van der Waals surface area contributed by atoms with Gasteiger partial charge in [0.05, 0.1) is 0 Å². The largest absolute Gasteiger partial charge is 0.870 e. The summed E-state index contributed by atoms with van der Waals surface area (Å²) < 4.78 is 0. The van der Waals surface area contributed by atoms with Crippen LogP contribution in [0.1, 0.15) is 0 Å². The predicted molar refractivity (Wildman–Crippen MR) is 19.5 cm³/mol. The second-order valence-corrected chi connectivity index (χ2v) is 0. The standard InChI is InChI=1S/2Na.H2O.H2S.H/h;;2*1H2;/q;+1;;;/p-1. The van der Waals surface area contributed by atoms with E-state index in [1.807, 2.05) is 0 Å². The molecule has 0 atom stereocenters. The molecule has 0 aromatic heterocycles. The van der Waals surface area contributed by atoms with Gasteiger partial charge < -0.3 is 5.48 Å². The second-order valence-electron chi connectivity index (χ2n) is 0. The first-order chi connectivity index (χ1) is 0. The van der Waals surface area contributed by atoms with Crippen LogP contribution in [-0.2, 0) is 0 Å². The van der Waals surface area contributed by atoms with Gasteiger partial charge in [0.25, 0.3) is 0 Å². The first kappa shape index (κ1) is 33.3. The Kier molecular flexibility index (Phi) is 154. The van der Waals surface area contributed by atoms with Crippen LogP contribution in [0.15, 0.2) is 0 Å². The van der Waals surface area contributed by atoms with Gasteiger partial charge >= 0.3 is 59.1 Å². The van der Waals surface area contributed by atoms with Crippen LogP contribution in [0.25, 0.3) is 0 Å². The zero-order valence-corrected chi connectivity index (χ0v) is 4.95. The molecule has 0 aliphatic heterocycles. The third-order valence-corrected chi connectivity index (χ3v) is 0. The Labute approximate surface area is 76.9 Å². The molecule has 0 aromatic rings. The molecule has 0 unspecified atom stereocenters. The maximum Gasteiger partial charge on any atom is -0.870 e. The smallest absolute Gasteiger partial charge is 0.870 e. The second kappa shape index (κ2) is 18.5. The van der Waals surface area contributed by atoms with Crippen molar-refractivity contribution in [3.05, 3.63) is 0 Å². The summed E-state index contributed by atoms with van der Waals surface area (Å²) in [4.78, 5) is 0. The average Bonchev–Trinajstić information content (AvgIpc) is 0. The minimum Gasteiger partial charge on any atom is -0.870 e. The summed E-state index contributed by atoms with van der Waals surface area (Å²) in [5.41, 5.74) is 0. The van der Waals surface area contributed by atoms with Gasteiger partial charge in [-0.05, 0) is 0 Å². The van der Waals surface area contributed by atoms with Crippen LogP contribution in [0.3, 0.4) is 0 Å². The zero-order chi connectivity index (χ0) is 0. The molecule has 0 spiro atoms. The fourth-order valence-electron chi connectivity index (χ4n) is 0. The van der Waals surface area contributed by atoms with E-state index >= 15 is 0 Å². The van der Waals surface area contributed by atoms with Crippen molar-refractivity contribution in [1.82, 2.24) is 0 Å². The van der Waals surface area contributed by atoms with Crippen LogP contribution in [-0.4, -0.2) is 35.0 Å². The van der Waals surface area contributed by atoms with Gasteiger partial charge in [0.2, 0.25) is 0 Å². The summed E-state index contributed by atoms with van der Waals surface area (Å²) >= 11 is 0. The van der Waals surface area contributed by atoms with E-state index in [1.54, 1.807) is 0 Å². The minimum absolute atomic E-state index is 0. The molecule has 4 heavy (non-hydrogen) atoms. The Hall–Kier alpha value is 2.31. The summed E-state index contributed by atoms with van der Waals surface area (Å²) in [6.07, 6.45) is 0. The Morgan fingerprint density at radius 1 is 1.00 bits per heavy atom. The molecule has 0 saturated carbocycles. The van der Waals surface area contributed by atoms with E-state index in [-0.39, 0.29) is 78.1 Å².